The van der Waals surface area contributed by atoms with Gasteiger partial charge >= 0.3 is 5.97 Å². The van der Waals surface area contributed by atoms with E-state index in [-0.39, 0.29) is 12.0 Å². The van der Waals surface area contributed by atoms with Gasteiger partial charge in [0.25, 0.3) is 0 Å². The summed E-state index contributed by atoms with van der Waals surface area (Å²) in [5, 5.41) is 2.60. The number of rotatable bonds is 4. The predicted octanol–water partition coefficient (Wildman–Crippen LogP) is 1.33. The van der Waals surface area contributed by atoms with Gasteiger partial charge in [-0.2, -0.15) is 0 Å². The van der Waals surface area contributed by atoms with Crippen LogP contribution in [0.1, 0.15) is 6.92 Å². The van der Waals surface area contributed by atoms with E-state index >= 15 is 0 Å². The second-order valence-corrected chi connectivity index (χ2v) is 2.82. The fourth-order valence-corrected chi connectivity index (χ4v) is 1.03. The lowest BCUT2D eigenvalue weighted by atomic mass is 10.3. The normalized spacial score (nSPS) is 11.6. The van der Waals surface area contributed by atoms with E-state index in [1.54, 1.807) is 12.1 Å². The minimum Gasteiger partial charge on any atom is -0.437 e. The van der Waals surface area contributed by atoms with Crippen LogP contribution < -0.4 is 5.32 Å². The number of hydrogen-bond donors (Lipinski definition) is 1. The third kappa shape index (κ3) is 3.38. The molecule has 0 fully saturated rings. The molecule has 0 spiro atoms. The summed E-state index contributed by atoms with van der Waals surface area (Å²) in [5.41, 5.74) is 0.212. The molecular formula is C10H10FNO3. The molecule has 1 unspecified atom stereocenters. The van der Waals surface area contributed by atoms with E-state index in [0.29, 0.717) is 0 Å². The summed E-state index contributed by atoms with van der Waals surface area (Å²) < 4.78 is 17.7. The number of esters is 1. The molecule has 4 nitrogen and oxygen atoms in total. The van der Waals surface area contributed by atoms with Crippen LogP contribution in [0, 0.1) is 5.82 Å². The summed E-state index contributed by atoms with van der Waals surface area (Å²) >= 11 is 0. The highest BCUT2D eigenvalue weighted by atomic mass is 19.1. The molecule has 80 valence electrons. The first-order valence-corrected chi connectivity index (χ1v) is 4.30. The molecule has 1 N–H and O–H groups in total. The van der Waals surface area contributed by atoms with E-state index < -0.39 is 18.0 Å². The Morgan fingerprint density at radius 1 is 1.53 bits per heavy atom. The summed E-state index contributed by atoms with van der Waals surface area (Å²) in [7, 11) is 0. The van der Waals surface area contributed by atoms with Crippen molar-refractivity contribution in [2.75, 3.05) is 5.32 Å². The quantitative estimate of drug-likeness (QED) is 0.353. The topological polar surface area (TPSA) is 55.4 Å². The first-order valence-electron chi connectivity index (χ1n) is 4.30. The number of anilines is 1. The van der Waals surface area contributed by atoms with Crippen LogP contribution >= 0.6 is 0 Å². The van der Waals surface area contributed by atoms with Crippen molar-refractivity contribution < 1.29 is 18.7 Å². The van der Waals surface area contributed by atoms with Crippen LogP contribution in [0.3, 0.4) is 0 Å². The van der Waals surface area contributed by atoms with E-state index in [0.717, 1.165) is 0 Å². The second kappa shape index (κ2) is 5.09. The molecular weight excluding hydrogens is 201 g/mol. The van der Waals surface area contributed by atoms with Crippen molar-refractivity contribution in [1.82, 2.24) is 0 Å². The summed E-state index contributed by atoms with van der Waals surface area (Å²) in [5.74, 6) is -1.45. The van der Waals surface area contributed by atoms with Crippen LogP contribution in [-0.4, -0.2) is 18.5 Å². The minimum atomic E-state index is -0.994. The van der Waals surface area contributed by atoms with Crippen LogP contribution in [0.25, 0.3) is 0 Å². The molecule has 0 saturated carbocycles. The maximum Gasteiger partial charge on any atom is 0.373 e. The Morgan fingerprint density at radius 3 is 2.80 bits per heavy atom. The maximum absolute atomic E-state index is 13.1. The minimum absolute atomic E-state index is 0.0551. The highest BCUT2D eigenvalue weighted by molar-refractivity contribution is 6.20. The standard InChI is InChI=1S/C10H10FNO3/c1-7(15-10(14)6-13)12-9-5-3-2-4-8(9)11/h2-7,12H,1H3. The number of para-hydroxylation sites is 1. The van der Waals surface area contributed by atoms with Gasteiger partial charge in [-0.1, -0.05) is 12.1 Å². The maximum atomic E-state index is 13.1. The number of halogens is 1. The summed E-state index contributed by atoms with van der Waals surface area (Å²) in [4.78, 5) is 20.6. The van der Waals surface area contributed by atoms with Crippen LogP contribution in [0.5, 0.6) is 0 Å². The number of hydrogen-bond acceptors (Lipinski definition) is 4. The fourth-order valence-electron chi connectivity index (χ4n) is 1.03. The van der Waals surface area contributed by atoms with Gasteiger partial charge in [-0.25, -0.2) is 9.18 Å². The molecule has 0 aliphatic heterocycles. The predicted molar refractivity (Wildman–Crippen MR) is 51.6 cm³/mol. The lowest BCUT2D eigenvalue weighted by molar-refractivity contribution is -0.151. The molecule has 0 heterocycles. The van der Waals surface area contributed by atoms with Crippen molar-refractivity contribution in [3.63, 3.8) is 0 Å². The lowest BCUT2D eigenvalue weighted by Gasteiger charge is -2.14. The van der Waals surface area contributed by atoms with E-state index in [1.165, 1.54) is 19.1 Å². The summed E-state index contributed by atoms with van der Waals surface area (Å²) in [6.45, 7) is 1.49. The van der Waals surface area contributed by atoms with Crippen molar-refractivity contribution in [3.8, 4) is 0 Å². The zero-order valence-electron chi connectivity index (χ0n) is 8.07. The number of carbonyl (C=O) groups is 2. The van der Waals surface area contributed by atoms with Crippen molar-refractivity contribution >= 4 is 17.9 Å². The van der Waals surface area contributed by atoms with Gasteiger partial charge in [0.15, 0.2) is 6.23 Å². The van der Waals surface area contributed by atoms with Crippen molar-refractivity contribution in [3.05, 3.63) is 30.1 Å². The Morgan fingerprint density at radius 2 is 2.20 bits per heavy atom. The molecule has 0 bridgehead atoms. The van der Waals surface area contributed by atoms with Crippen LogP contribution in [0.15, 0.2) is 24.3 Å². The SMILES string of the molecule is CC(Nc1ccccc1F)OC(=O)C=O. The second-order valence-electron chi connectivity index (χ2n) is 2.82. The van der Waals surface area contributed by atoms with Crippen molar-refractivity contribution in [1.29, 1.82) is 0 Å². The molecule has 1 aromatic rings. The van der Waals surface area contributed by atoms with E-state index in [9.17, 15) is 14.0 Å². The van der Waals surface area contributed by atoms with Gasteiger partial charge in [0.05, 0.1) is 5.69 Å². The Labute approximate surface area is 86.0 Å². The first kappa shape index (κ1) is 11.2. The molecule has 0 saturated heterocycles. The summed E-state index contributed by atoms with van der Waals surface area (Å²) in [6, 6.07) is 5.96. The monoisotopic (exact) mass is 211 g/mol. The Hall–Kier alpha value is -1.91. The van der Waals surface area contributed by atoms with Gasteiger partial charge in [0.1, 0.15) is 5.82 Å². The number of aldehydes is 1. The lowest BCUT2D eigenvalue weighted by Crippen LogP contribution is -2.24. The molecule has 0 aliphatic rings. The average molecular weight is 211 g/mol. The molecule has 0 aromatic heterocycles. The Balaban J connectivity index is 2.58. The smallest absolute Gasteiger partial charge is 0.373 e. The average Bonchev–Trinajstić information content (AvgIpc) is 2.21. The highest BCUT2D eigenvalue weighted by Gasteiger charge is 2.09. The molecule has 15 heavy (non-hydrogen) atoms. The van der Waals surface area contributed by atoms with Crippen LogP contribution in [0.2, 0.25) is 0 Å². The van der Waals surface area contributed by atoms with E-state index in [2.05, 4.69) is 10.1 Å². The fraction of sp³-hybridized carbons (Fsp3) is 0.200. The van der Waals surface area contributed by atoms with E-state index in [1.807, 2.05) is 0 Å². The van der Waals surface area contributed by atoms with Gasteiger partial charge in [-0.05, 0) is 19.1 Å². The molecule has 0 amide bonds. The van der Waals surface area contributed by atoms with Gasteiger partial charge < -0.3 is 10.1 Å². The molecule has 0 aliphatic carbocycles. The summed E-state index contributed by atoms with van der Waals surface area (Å²) in [6.07, 6.45) is -0.709. The number of nitrogens with one attached hydrogen (secondary N) is 1. The largest absolute Gasteiger partial charge is 0.437 e. The van der Waals surface area contributed by atoms with Gasteiger partial charge in [0, 0.05) is 0 Å². The third-order valence-corrected chi connectivity index (χ3v) is 1.62. The third-order valence-electron chi connectivity index (χ3n) is 1.62. The van der Waals surface area contributed by atoms with Gasteiger partial charge in [-0.3, -0.25) is 4.79 Å². The molecule has 5 heteroatoms. The van der Waals surface area contributed by atoms with Crippen LogP contribution in [-0.2, 0) is 14.3 Å². The highest BCUT2D eigenvalue weighted by Crippen LogP contribution is 2.13. The van der Waals surface area contributed by atoms with Crippen molar-refractivity contribution in [2.24, 2.45) is 0 Å². The number of carbonyl (C=O) groups excluding carboxylic acids is 2. The molecule has 1 rings (SSSR count). The van der Waals surface area contributed by atoms with Crippen LogP contribution in [0.4, 0.5) is 10.1 Å². The zero-order valence-corrected chi connectivity index (χ0v) is 8.07. The number of ether oxygens (including phenoxy) is 1. The Kier molecular flexibility index (Phi) is 3.79. The molecule has 0 radical (unpaired) electrons. The first-order chi connectivity index (χ1) is 7.13. The Bertz CT molecular complexity index is 367. The molecule has 1 aromatic carbocycles. The van der Waals surface area contributed by atoms with E-state index in [4.69, 9.17) is 0 Å². The number of benzene rings is 1. The zero-order chi connectivity index (χ0) is 11.3. The van der Waals surface area contributed by atoms with Gasteiger partial charge in [0.2, 0.25) is 6.29 Å². The molecule has 1 atom stereocenters. The van der Waals surface area contributed by atoms with Crippen molar-refractivity contribution in [2.45, 2.75) is 13.2 Å². The van der Waals surface area contributed by atoms with Gasteiger partial charge in [-0.15, -0.1) is 0 Å².